The number of anilines is 1. The fourth-order valence-corrected chi connectivity index (χ4v) is 3.12. The number of benzene rings is 1. The van der Waals surface area contributed by atoms with E-state index in [2.05, 4.69) is 15.6 Å². The maximum absolute atomic E-state index is 11.9. The zero-order valence-corrected chi connectivity index (χ0v) is 14.4. The second-order valence-corrected chi connectivity index (χ2v) is 6.72. The van der Waals surface area contributed by atoms with Crippen LogP contribution in [-0.4, -0.2) is 17.4 Å². The van der Waals surface area contributed by atoms with E-state index < -0.39 is 0 Å². The number of thiazole rings is 1. The molecule has 0 bridgehead atoms. The number of amides is 1. The SMILES string of the molecule is O=C(CNCc1ccco1)Nc1ncc(Cc2ccc(Cl)cc2)s1. The summed E-state index contributed by atoms with van der Waals surface area (Å²) in [4.78, 5) is 17.2. The van der Waals surface area contributed by atoms with Crippen LogP contribution in [0.4, 0.5) is 5.13 Å². The first-order valence-electron chi connectivity index (χ1n) is 7.41. The number of rotatable bonds is 7. The number of halogens is 1. The lowest BCUT2D eigenvalue weighted by molar-refractivity contribution is -0.115. The summed E-state index contributed by atoms with van der Waals surface area (Å²) in [5, 5.41) is 7.13. The lowest BCUT2D eigenvalue weighted by Crippen LogP contribution is -2.27. The van der Waals surface area contributed by atoms with E-state index in [1.807, 2.05) is 36.4 Å². The molecule has 1 amide bonds. The van der Waals surface area contributed by atoms with Gasteiger partial charge < -0.3 is 15.1 Å². The zero-order valence-electron chi connectivity index (χ0n) is 12.8. The zero-order chi connectivity index (χ0) is 16.8. The Bertz CT molecular complexity index is 785. The van der Waals surface area contributed by atoms with Gasteiger partial charge in [0.1, 0.15) is 5.76 Å². The van der Waals surface area contributed by atoms with Crippen molar-refractivity contribution in [1.82, 2.24) is 10.3 Å². The van der Waals surface area contributed by atoms with E-state index in [4.69, 9.17) is 16.0 Å². The maximum atomic E-state index is 11.9. The van der Waals surface area contributed by atoms with Gasteiger partial charge >= 0.3 is 0 Å². The molecular formula is C17H16ClN3O2S. The predicted octanol–water partition coefficient (Wildman–Crippen LogP) is 3.71. The molecule has 0 saturated heterocycles. The van der Waals surface area contributed by atoms with Gasteiger partial charge in [-0.25, -0.2) is 4.98 Å². The molecule has 2 heterocycles. The van der Waals surface area contributed by atoms with Crippen LogP contribution in [0, 0.1) is 0 Å². The molecule has 124 valence electrons. The van der Waals surface area contributed by atoms with Gasteiger partial charge in [0.05, 0.1) is 19.4 Å². The highest BCUT2D eigenvalue weighted by Gasteiger charge is 2.07. The highest BCUT2D eigenvalue weighted by Crippen LogP contribution is 2.21. The summed E-state index contributed by atoms with van der Waals surface area (Å²) in [6.07, 6.45) is 4.15. The van der Waals surface area contributed by atoms with Crippen molar-refractivity contribution in [2.75, 3.05) is 11.9 Å². The molecule has 2 N–H and O–H groups in total. The Morgan fingerprint density at radius 2 is 2.08 bits per heavy atom. The molecule has 0 fully saturated rings. The van der Waals surface area contributed by atoms with Crippen molar-refractivity contribution in [3.05, 3.63) is 70.1 Å². The van der Waals surface area contributed by atoms with Crippen LogP contribution in [0.25, 0.3) is 0 Å². The van der Waals surface area contributed by atoms with Gasteiger partial charge in [-0.15, -0.1) is 11.3 Å². The summed E-state index contributed by atoms with van der Waals surface area (Å²) in [5.41, 5.74) is 1.15. The third-order valence-corrected chi connectivity index (χ3v) is 4.42. The minimum atomic E-state index is -0.131. The Morgan fingerprint density at radius 3 is 2.83 bits per heavy atom. The molecule has 0 atom stereocenters. The van der Waals surface area contributed by atoms with Gasteiger partial charge in [0.25, 0.3) is 0 Å². The van der Waals surface area contributed by atoms with Crippen LogP contribution < -0.4 is 10.6 Å². The van der Waals surface area contributed by atoms with Gasteiger partial charge in [-0.1, -0.05) is 23.7 Å². The van der Waals surface area contributed by atoms with Crippen molar-refractivity contribution >= 4 is 34.0 Å². The summed E-state index contributed by atoms with van der Waals surface area (Å²) in [6, 6.07) is 11.4. The van der Waals surface area contributed by atoms with Crippen molar-refractivity contribution in [2.45, 2.75) is 13.0 Å². The van der Waals surface area contributed by atoms with Crippen LogP contribution in [0.3, 0.4) is 0 Å². The molecule has 5 nitrogen and oxygen atoms in total. The van der Waals surface area contributed by atoms with E-state index in [1.165, 1.54) is 11.3 Å². The smallest absolute Gasteiger partial charge is 0.240 e. The highest BCUT2D eigenvalue weighted by atomic mass is 35.5. The lowest BCUT2D eigenvalue weighted by Gasteiger charge is -2.02. The Hall–Kier alpha value is -2.15. The molecule has 1 aromatic carbocycles. The molecular weight excluding hydrogens is 346 g/mol. The minimum Gasteiger partial charge on any atom is -0.468 e. The second-order valence-electron chi connectivity index (χ2n) is 5.17. The van der Waals surface area contributed by atoms with Gasteiger partial charge in [-0.05, 0) is 29.8 Å². The van der Waals surface area contributed by atoms with Crippen LogP contribution in [0.2, 0.25) is 5.02 Å². The van der Waals surface area contributed by atoms with Gasteiger partial charge in [0.2, 0.25) is 5.91 Å². The molecule has 0 radical (unpaired) electrons. The molecule has 0 aliphatic carbocycles. The highest BCUT2D eigenvalue weighted by molar-refractivity contribution is 7.15. The molecule has 0 spiro atoms. The van der Waals surface area contributed by atoms with Crippen LogP contribution in [0.1, 0.15) is 16.2 Å². The fraction of sp³-hybridized carbons (Fsp3) is 0.176. The molecule has 3 rings (SSSR count). The van der Waals surface area contributed by atoms with Crippen LogP contribution in [-0.2, 0) is 17.8 Å². The van der Waals surface area contributed by atoms with Crippen molar-refractivity contribution in [3.63, 3.8) is 0 Å². The first-order valence-corrected chi connectivity index (χ1v) is 8.60. The van der Waals surface area contributed by atoms with Crippen molar-refractivity contribution in [2.24, 2.45) is 0 Å². The second kappa shape index (κ2) is 8.10. The average Bonchev–Trinajstić information content (AvgIpc) is 3.22. The van der Waals surface area contributed by atoms with E-state index in [0.717, 1.165) is 27.6 Å². The average molecular weight is 362 g/mol. The molecule has 2 aromatic heterocycles. The maximum Gasteiger partial charge on any atom is 0.240 e. The van der Waals surface area contributed by atoms with Gasteiger partial charge in [0.15, 0.2) is 5.13 Å². The Labute approximate surface area is 148 Å². The number of carbonyl (C=O) groups excluding carboxylic acids is 1. The largest absolute Gasteiger partial charge is 0.468 e. The summed E-state index contributed by atoms with van der Waals surface area (Å²) in [5.74, 6) is 0.663. The molecule has 7 heteroatoms. The Morgan fingerprint density at radius 1 is 1.25 bits per heavy atom. The molecule has 0 aliphatic rings. The Kier molecular flexibility index (Phi) is 5.63. The van der Waals surface area contributed by atoms with E-state index in [1.54, 1.807) is 12.5 Å². The third kappa shape index (κ3) is 4.92. The van der Waals surface area contributed by atoms with Crippen molar-refractivity contribution < 1.29 is 9.21 Å². The third-order valence-electron chi connectivity index (χ3n) is 3.26. The van der Waals surface area contributed by atoms with E-state index >= 15 is 0 Å². The van der Waals surface area contributed by atoms with Gasteiger partial charge in [-0.2, -0.15) is 0 Å². The van der Waals surface area contributed by atoms with E-state index in [0.29, 0.717) is 11.7 Å². The number of furan rings is 1. The first kappa shape index (κ1) is 16.7. The predicted molar refractivity (Wildman–Crippen MR) is 95.4 cm³/mol. The quantitative estimate of drug-likeness (QED) is 0.673. The molecule has 0 unspecified atom stereocenters. The standard InChI is InChI=1S/C17H16ClN3O2S/c18-13-5-3-12(4-6-13)8-15-10-20-17(24-15)21-16(22)11-19-9-14-2-1-7-23-14/h1-7,10,19H,8-9,11H2,(H,20,21,22). The monoisotopic (exact) mass is 361 g/mol. The summed E-state index contributed by atoms with van der Waals surface area (Å²) in [6.45, 7) is 0.715. The Balaban J connectivity index is 1.46. The number of aromatic nitrogens is 1. The number of nitrogens with one attached hydrogen (secondary N) is 2. The van der Waals surface area contributed by atoms with Crippen molar-refractivity contribution in [1.29, 1.82) is 0 Å². The minimum absolute atomic E-state index is 0.131. The van der Waals surface area contributed by atoms with Crippen LogP contribution >= 0.6 is 22.9 Å². The fourth-order valence-electron chi connectivity index (χ4n) is 2.13. The number of carbonyl (C=O) groups is 1. The van der Waals surface area contributed by atoms with Crippen LogP contribution in [0.15, 0.2) is 53.3 Å². The van der Waals surface area contributed by atoms with Gasteiger partial charge in [-0.3, -0.25) is 4.79 Å². The van der Waals surface area contributed by atoms with E-state index in [-0.39, 0.29) is 12.5 Å². The van der Waals surface area contributed by atoms with Crippen molar-refractivity contribution in [3.8, 4) is 0 Å². The molecule has 3 aromatic rings. The number of nitrogens with zero attached hydrogens (tertiary/aromatic N) is 1. The molecule has 0 saturated carbocycles. The summed E-state index contributed by atoms with van der Waals surface area (Å²) >= 11 is 7.35. The first-order chi connectivity index (χ1) is 11.7. The molecule has 24 heavy (non-hydrogen) atoms. The normalized spacial score (nSPS) is 10.7. The topological polar surface area (TPSA) is 67.2 Å². The number of hydrogen-bond acceptors (Lipinski definition) is 5. The lowest BCUT2D eigenvalue weighted by atomic mass is 10.1. The van der Waals surface area contributed by atoms with E-state index in [9.17, 15) is 4.79 Å². The summed E-state index contributed by atoms with van der Waals surface area (Å²) in [7, 11) is 0. The van der Waals surface area contributed by atoms with Crippen LogP contribution in [0.5, 0.6) is 0 Å². The molecule has 0 aliphatic heterocycles. The van der Waals surface area contributed by atoms with Gasteiger partial charge in [0, 0.05) is 22.5 Å². The summed E-state index contributed by atoms with van der Waals surface area (Å²) < 4.78 is 5.19. The number of hydrogen-bond donors (Lipinski definition) is 2.